The maximum absolute atomic E-state index is 13.1. The summed E-state index contributed by atoms with van der Waals surface area (Å²) in [4.78, 5) is 73.0. The minimum Gasteiger partial charge on any atom is -0.462 e. The molecule has 0 fully saturated rings. The second-order valence-electron chi connectivity index (χ2n) is 30.6. The van der Waals surface area contributed by atoms with Crippen LogP contribution in [-0.4, -0.2) is 96.7 Å². The predicted molar refractivity (Wildman–Crippen MR) is 409 cm³/mol. The highest BCUT2D eigenvalue weighted by Crippen LogP contribution is 2.45. The van der Waals surface area contributed by atoms with Gasteiger partial charge in [0, 0.05) is 25.7 Å². The Hall–Kier alpha value is -1.94. The predicted octanol–water partition coefficient (Wildman–Crippen LogP) is 24.1. The molecule has 0 aliphatic heterocycles. The van der Waals surface area contributed by atoms with Gasteiger partial charge in [0.1, 0.15) is 19.3 Å². The third kappa shape index (κ3) is 74.3. The van der Waals surface area contributed by atoms with Gasteiger partial charge in [-0.25, -0.2) is 9.13 Å². The van der Waals surface area contributed by atoms with Gasteiger partial charge >= 0.3 is 39.5 Å². The van der Waals surface area contributed by atoms with Crippen molar-refractivity contribution in [2.45, 2.75) is 439 Å². The quantitative estimate of drug-likeness (QED) is 0.0222. The van der Waals surface area contributed by atoms with Gasteiger partial charge < -0.3 is 33.8 Å². The molecular formula is C81H158O17P2. The number of aliphatic hydroxyl groups excluding tert-OH is 1. The van der Waals surface area contributed by atoms with Crippen LogP contribution in [-0.2, 0) is 65.4 Å². The molecule has 0 aliphatic carbocycles. The van der Waals surface area contributed by atoms with E-state index in [1.54, 1.807) is 0 Å². The Morgan fingerprint density at radius 2 is 0.460 bits per heavy atom. The van der Waals surface area contributed by atoms with E-state index in [0.717, 1.165) is 108 Å². The summed E-state index contributed by atoms with van der Waals surface area (Å²) in [6, 6.07) is 0. The van der Waals surface area contributed by atoms with E-state index in [1.807, 2.05) is 0 Å². The first-order valence-corrected chi connectivity index (χ1v) is 44.8. The van der Waals surface area contributed by atoms with Gasteiger partial charge in [-0.3, -0.25) is 37.3 Å². The van der Waals surface area contributed by atoms with Gasteiger partial charge in [-0.1, -0.05) is 370 Å². The topological polar surface area (TPSA) is 237 Å². The van der Waals surface area contributed by atoms with Crippen molar-refractivity contribution >= 4 is 39.5 Å². The van der Waals surface area contributed by atoms with Crippen LogP contribution in [0.5, 0.6) is 0 Å². The number of hydrogen-bond acceptors (Lipinski definition) is 15. The molecule has 3 N–H and O–H groups in total. The molecule has 0 spiro atoms. The lowest BCUT2D eigenvalue weighted by atomic mass is 10.0. The van der Waals surface area contributed by atoms with E-state index >= 15 is 0 Å². The van der Waals surface area contributed by atoms with Crippen LogP contribution < -0.4 is 0 Å². The van der Waals surface area contributed by atoms with Crippen LogP contribution in [0.2, 0.25) is 0 Å². The number of esters is 4. The van der Waals surface area contributed by atoms with Crippen LogP contribution in [0.3, 0.4) is 0 Å². The molecule has 0 saturated heterocycles. The smallest absolute Gasteiger partial charge is 0.462 e. The maximum atomic E-state index is 13.1. The molecule has 0 rings (SSSR count). The second kappa shape index (κ2) is 71.3. The Labute approximate surface area is 613 Å². The number of hydrogen-bond donors (Lipinski definition) is 3. The second-order valence-corrected chi connectivity index (χ2v) is 33.5. The molecular weight excluding hydrogens is 1310 g/mol. The molecule has 0 aromatic heterocycles. The lowest BCUT2D eigenvalue weighted by Gasteiger charge is -2.21. The first-order chi connectivity index (χ1) is 48.2. The molecule has 2 unspecified atom stereocenters. The molecule has 100 heavy (non-hydrogen) atoms. The van der Waals surface area contributed by atoms with Gasteiger partial charge in [0.05, 0.1) is 26.4 Å². The Morgan fingerprint density at radius 3 is 0.680 bits per heavy atom. The summed E-state index contributed by atoms with van der Waals surface area (Å²) >= 11 is 0. The number of phosphoric acid groups is 2. The number of phosphoric ester groups is 2. The van der Waals surface area contributed by atoms with Crippen molar-refractivity contribution in [2.75, 3.05) is 39.6 Å². The molecule has 0 saturated carbocycles. The summed E-state index contributed by atoms with van der Waals surface area (Å²) in [5.41, 5.74) is 0. The van der Waals surface area contributed by atoms with E-state index in [-0.39, 0.29) is 25.7 Å². The highest BCUT2D eigenvalue weighted by molar-refractivity contribution is 7.47. The fourth-order valence-corrected chi connectivity index (χ4v) is 14.1. The third-order valence-corrected chi connectivity index (χ3v) is 20.8. The Bertz CT molecular complexity index is 1940. The van der Waals surface area contributed by atoms with Gasteiger partial charge in [0.25, 0.3) is 0 Å². The summed E-state index contributed by atoms with van der Waals surface area (Å²) in [6.45, 7) is 11.9. The van der Waals surface area contributed by atoms with Gasteiger partial charge in [-0.15, -0.1) is 0 Å². The third-order valence-electron chi connectivity index (χ3n) is 18.9. The molecule has 0 radical (unpaired) electrons. The van der Waals surface area contributed by atoms with Crippen LogP contribution in [0.4, 0.5) is 0 Å². The highest BCUT2D eigenvalue weighted by Gasteiger charge is 2.30. The standard InChI is InChI=1S/C81H158O17P2/c1-8-9-10-11-12-13-14-15-16-17-20-23-28-33-41-48-55-62-78(83)91-68-76(97-80(85)64-57-50-43-34-29-24-21-18-19-22-26-31-38-45-52-59-72(2)3)70-95-99(87,88)93-66-75(82)67-94-100(89,90)96-71-77(69-92-79(84)63-56-49-42-37-36-40-47-54-61-74(6)7)98-81(86)65-58-51-44-35-30-25-27-32-39-46-53-60-73(4)5/h72-77,82H,8-71H2,1-7H3,(H,87,88)(H,89,90)/t75-,76-,77-/m1/s1. The van der Waals surface area contributed by atoms with Gasteiger partial charge in [-0.05, 0) is 43.4 Å². The number of unbranched alkanes of at least 4 members (excludes halogenated alkanes) is 47. The zero-order valence-corrected chi connectivity index (χ0v) is 67.5. The zero-order chi connectivity index (χ0) is 73.7. The number of rotatable bonds is 79. The summed E-state index contributed by atoms with van der Waals surface area (Å²) in [7, 11) is -9.92. The normalized spacial score (nSPS) is 14.0. The van der Waals surface area contributed by atoms with Gasteiger partial charge in [-0.2, -0.15) is 0 Å². The highest BCUT2D eigenvalue weighted by atomic mass is 31.2. The lowest BCUT2D eigenvalue weighted by Crippen LogP contribution is -2.30. The number of carbonyl (C=O) groups is 4. The van der Waals surface area contributed by atoms with Crippen LogP contribution in [0.1, 0.15) is 421 Å². The monoisotopic (exact) mass is 1470 g/mol. The van der Waals surface area contributed by atoms with Crippen molar-refractivity contribution in [1.29, 1.82) is 0 Å². The Morgan fingerprint density at radius 1 is 0.270 bits per heavy atom. The van der Waals surface area contributed by atoms with Gasteiger partial charge in [0.2, 0.25) is 0 Å². The van der Waals surface area contributed by atoms with Crippen LogP contribution in [0, 0.1) is 17.8 Å². The molecule has 0 aromatic rings. The van der Waals surface area contributed by atoms with E-state index < -0.39 is 97.5 Å². The summed E-state index contributed by atoms with van der Waals surface area (Å²) in [5, 5.41) is 10.6. The van der Waals surface area contributed by atoms with E-state index in [4.69, 9.17) is 37.0 Å². The molecule has 19 heteroatoms. The van der Waals surface area contributed by atoms with E-state index in [1.165, 1.54) is 231 Å². The minimum absolute atomic E-state index is 0.106. The SMILES string of the molecule is CCCCCCCCCCCCCCCCCCCC(=O)OC[C@H](COP(=O)(O)OC[C@@H](O)COP(=O)(O)OC[C@@H](COC(=O)CCCCCCCCCCC(C)C)OC(=O)CCCCCCCCCCCCCC(C)C)OC(=O)CCCCCCCCCCCCCCCCCC(C)C. The molecule has 0 bridgehead atoms. The molecule has 0 amide bonds. The summed E-state index contributed by atoms with van der Waals surface area (Å²) in [6.07, 6.45) is 59.7. The average molecular weight is 1470 g/mol. The number of ether oxygens (including phenoxy) is 4. The van der Waals surface area contributed by atoms with Crippen molar-refractivity contribution in [3.8, 4) is 0 Å². The van der Waals surface area contributed by atoms with Gasteiger partial charge in [0.15, 0.2) is 12.2 Å². The van der Waals surface area contributed by atoms with Crippen molar-refractivity contribution < 1.29 is 80.2 Å². The minimum atomic E-state index is -4.96. The fraction of sp³-hybridized carbons (Fsp3) is 0.951. The molecule has 594 valence electrons. The molecule has 0 heterocycles. The van der Waals surface area contributed by atoms with Crippen molar-refractivity contribution in [3.05, 3.63) is 0 Å². The van der Waals surface area contributed by atoms with Crippen molar-refractivity contribution in [1.82, 2.24) is 0 Å². The first-order valence-electron chi connectivity index (χ1n) is 41.8. The van der Waals surface area contributed by atoms with Crippen LogP contribution in [0.25, 0.3) is 0 Å². The molecule has 17 nitrogen and oxygen atoms in total. The van der Waals surface area contributed by atoms with E-state index in [2.05, 4.69) is 48.5 Å². The zero-order valence-electron chi connectivity index (χ0n) is 65.7. The van der Waals surface area contributed by atoms with Crippen LogP contribution in [0.15, 0.2) is 0 Å². The largest absolute Gasteiger partial charge is 0.472 e. The summed E-state index contributed by atoms with van der Waals surface area (Å²) < 4.78 is 68.7. The van der Waals surface area contributed by atoms with Crippen molar-refractivity contribution in [2.24, 2.45) is 17.8 Å². The van der Waals surface area contributed by atoms with E-state index in [9.17, 15) is 43.2 Å². The molecule has 5 atom stereocenters. The Balaban J connectivity index is 5.25. The number of carbonyl (C=O) groups excluding carboxylic acids is 4. The lowest BCUT2D eigenvalue weighted by molar-refractivity contribution is -0.161. The van der Waals surface area contributed by atoms with Crippen molar-refractivity contribution in [3.63, 3.8) is 0 Å². The maximum Gasteiger partial charge on any atom is 0.472 e. The fourth-order valence-electron chi connectivity index (χ4n) is 12.5. The molecule has 0 aliphatic rings. The summed E-state index contributed by atoms with van der Waals surface area (Å²) in [5.74, 6) is 0.183. The molecule has 0 aromatic carbocycles. The Kier molecular flexibility index (Phi) is 69.9. The van der Waals surface area contributed by atoms with Crippen LogP contribution >= 0.6 is 15.6 Å². The average Bonchev–Trinajstić information content (AvgIpc) is 1.16. The number of aliphatic hydroxyl groups is 1. The van der Waals surface area contributed by atoms with E-state index in [0.29, 0.717) is 25.7 Å². The first kappa shape index (κ1) is 98.1.